The summed E-state index contributed by atoms with van der Waals surface area (Å²) in [6, 6.07) is 9.85. The number of aryl methyl sites for hydroxylation is 1. The average molecular weight is 559 g/mol. The van der Waals surface area contributed by atoms with Gasteiger partial charge >= 0.3 is 12.4 Å². The Bertz CT molecular complexity index is 1310. The highest BCUT2D eigenvalue weighted by atomic mass is 32.2. The van der Waals surface area contributed by atoms with Crippen molar-refractivity contribution in [1.82, 2.24) is 9.88 Å². The van der Waals surface area contributed by atoms with Gasteiger partial charge in [-0.25, -0.2) is 0 Å². The summed E-state index contributed by atoms with van der Waals surface area (Å²) in [6.07, 6.45) is -8.77. The molecule has 3 rings (SSSR count). The van der Waals surface area contributed by atoms with Gasteiger partial charge in [0.25, 0.3) is 5.91 Å². The lowest BCUT2D eigenvalue weighted by Gasteiger charge is -2.21. The predicted molar refractivity (Wildman–Crippen MR) is 130 cm³/mol. The summed E-state index contributed by atoms with van der Waals surface area (Å²) >= 11 is 0. The van der Waals surface area contributed by atoms with Gasteiger partial charge in [-0.1, -0.05) is 24.3 Å². The number of rotatable bonds is 8. The lowest BCUT2D eigenvalue weighted by molar-refractivity contribution is -0.143. The Morgan fingerprint density at radius 1 is 0.974 bits per heavy atom. The van der Waals surface area contributed by atoms with Crippen LogP contribution in [0.1, 0.15) is 38.3 Å². The minimum Gasteiger partial charge on any atom is -0.395 e. The van der Waals surface area contributed by atoms with Gasteiger partial charge in [-0.05, 0) is 53.4 Å². The van der Waals surface area contributed by atoms with E-state index in [0.717, 1.165) is 10.5 Å². The largest absolute Gasteiger partial charge is 0.416 e. The molecule has 38 heavy (non-hydrogen) atoms. The van der Waals surface area contributed by atoms with Crippen molar-refractivity contribution in [2.75, 3.05) is 19.4 Å². The first-order chi connectivity index (χ1) is 17.7. The summed E-state index contributed by atoms with van der Waals surface area (Å²) in [7, 11) is -0.139. The van der Waals surface area contributed by atoms with E-state index in [4.69, 9.17) is 5.11 Å². The summed E-state index contributed by atoms with van der Waals surface area (Å²) in [6.45, 7) is 1.00. The first-order valence-corrected chi connectivity index (χ1v) is 12.7. The van der Waals surface area contributed by atoms with Crippen LogP contribution in [0.3, 0.4) is 0 Å². The quantitative estimate of drug-likeness (QED) is 0.365. The first kappa shape index (κ1) is 29.3. The highest BCUT2D eigenvalue weighted by Gasteiger charge is 2.37. The second-order valence-corrected chi connectivity index (χ2v) is 10.2. The number of amides is 1. The zero-order chi connectivity index (χ0) is 28.3. The van der Waals surface area contributed by atoms with Crippen LogP contribution in [-0.2, 0) is 35.4 Å². The third-order valence-electron chi connectivity index (χ3n) is 5.67. The summed E-state index contributed by atoms with van der Waals surface area (Å²) in [5.74, 6) is -0.611. The van der Waals surface area contributed by atoms with Crippen LogP contribution in [0.5, 0.6) is 0 Å². The van der Waals surface area contributed by atoms with E-state index < -0.39 is 46.7 Å². The van der Waals surface area contributed by atoms with Gasteiger partial charge in [0.1, 0.15) is 0 Å². The number of benzene rings is 2. The number of aliphatic hydroxyl groups is 1. The highest BCUT2D eigenvalue weighted by molar-refractivity contribution is 7.84. The van der Waals surface area contributed by atoms with Crippen LogP contribution in [0.4, 0.5) is 26.3 Å². The van der Waals surface area contributed by atoms with Crippen LogP contribution in [-0.4, -0.2) is 44.5 Å². The monoisotopic (exact) mass is 558 g/mol. The number of aromatic nitrogens is 1. The number of aliphatic hydroxyl groups excluding tert-OH is 1. The van der Waals surface area contributed by atoms with E-state index in [2.05, 4.69) is 4.98 Å². The fraction of sp³-hybridized carbons (Fsp3) is 0.308. The number of pyridine rings is 1. The van der Waals surface area contributed by atoms with Gasteiger partial charge < -0.3 is 10.0 Å². The van der Waals surface area contributed by atoms with Crippen molar-refractivity contribution in [1.29, 1.82) is 0 Å². The Kier molecular flexibility index (Phi) is 8.98. The summed E-state index contributed by atoms with van der Waals surface area (Å²) < 4.78 is 91.7. The fourth-order valence-corrected chi connectivity index (χ4v) is 4.68. The number of nitrogens with zero attached hydrogens (tertiary/aromatic N) is 2. The molecule has 0 fully saturated rings. The topological polar surface area (TPSA) is 70.5 Å². The van der Waals surface area contributed by atoms with E-state index in [1.54, 1.807) is 37.3 Å². The molecule has 0 saturated carbocycles. The molecule has 1 unspecified atom stereocenters. The molecule has 0 aliphatic heterocycles. The van der Waals surface area contributed by atoms with E-state index in [1.165, 1.54) is 13.2 Å². The molecule has 0 bridgehead atoms. The molecule has 3 aromatic rings. The molecule has 1 N–H and O–H groups in total. The lowest BCUT2D eigenvalue weighted by Crippen LogP contribution is -2.27. The first-order valence-electron chi connectivity index (χ1n) is 11.2. The molecule has 0 radical (unpaired) electrons. The minimum atomic E-state index is -5.01. The molecule has 5 nitrogen and oxygen atoms in total. The smallest absolute Gasteiger partial charge is 0.395 e. The molecule has 1 aromatic heterocycles. The van der Waals surface area contributed by atoms with Gasteiger partial charge in [-0.3, -0.25) is 14.0 Å². The van der Waals surface area contributed by atoms with Crippen molar-refractivity contribution in [3.05, 3.63) is 88.2 Å². The number of alkyl halides is 6. The van der Waals surface area contributed by atoms with Crippen molar-refractivity contribution in [2.24, 2.45) is 0 Å². The highest BCUT2D eigenvalue weighted by Crippen LogP contribution is 2.37. The van der Waals surface area contributed by atoms with Crippen molar-refractivity contribution in [3.63, 3.8) is 0 Å². The zero-order valence-corrected chi connectivity index (χ0v) is 21.2. The lowest BCUT2D eigenvalue weighted by atomic mass is 9.96. The molecule has 204 valence electrons. The Labute approximate surface area is 217 Å². The van der Waals surface area contributed by atoms with E-state index in [-0.39, 0.29) is 35.3 Å². The average Bonchev–Trinajstić information content (AvgIpc) is 2.82. The Hall–Kier alpha value is -3.25. The van der Waals surface area contributed by atoms with E-state index in [0.29, 0.717) is 29.0 Å². The normalized spacial score (nSPS) is 12.9. The molecule has 0 spiro atoms. The van der Waals surface area contributed by atoms with Crippen molar-refractivity contribution in [3.8, 4) is 11.1 Å². The maximum absolute atomic E-state index is 13.4. The Balaban J connectivity index is 2.01. The molecule has 0 saturated heterocycles. The zero-order valence-electron chi connectivity index (χ0n) is 20.4. The third kappa shape index (κ3) is 7.19. The van der Waals surface area contributed by atoms with Gasteiger partial charge in [0.2, 0.25) is 0 Å². The van der Waals surface area contributed by atoms with Gasteiger partial charge in [-0.15, -0.1) is 0 Å². The summed E-state index contributed by atoms with van der Waals surface area (Å²) in [5, 5.41) is 9.02. The van der Waals surface area contributed by atoms with Gasteiger partial charge in [0.15, 0.2) is 0 Å². The molecule has 1 heterocycles. The van der Waals surface area contributed by atoms with E-state index in [9.17, 15) is 35.3 Å². The van der Waals surface area contributed by atoms with Crippen LogP contribution >= 0.6 is 0 Å². The van der Waals surface area contributed by atoms with Crippen LogP contribution in [0.2, 0.25) is 0 Å². The predicted octanol–water partition coefficient (Wildman–Crippen LogP) is 5.61. The van der Waals surface area contributed by atoms with Crippen molar-refractivity contribution in [2.45, 2.75) is 31.6 Å². The molecule has 1 atom stereocenters. The molecule has 0 aliphatic carbocycles. The summed E-state index contributed by atoms with van der Waals surface area (Å²) in [4.78, 5) is 18.6. The molecule has 2 aromatic carbocycles. The molecular formula is C26H24F6N2O3S. The Morgan fingerprint density at radius 2 is 1.58 bits per heavy atom. The second kappa shape index (κ2) is 11.6. The van der Waals surface area contributed by atoms with Crippen molar-refractivity contribution < 1.29 is 40.5 Å². The maximum atomic E-state index is 13.4. The number of hydrogen-bond donors (Lipinski definition) is 1. The third-order valence-corrected chi connectivity index (χ3v) is 6.92. The number of halogens is 6. The maximum Gasteiger partial charge on any atom is 0.416 e. The van der Waals surface area contributed by atoms with Crippen molar-refractivity contribution >= 4 is 16.7 Å². The van der Waals surface area contributed by atoms with Crippen LogP contribution in [0, 0.1) is 6.92 Å². The second-order valence-electron chi connectivity index (χ2n) is 8.62. The summed E-state index contributed by atoms with van der Waals surface area (Å²) in [5.41, 5.74) is -0.944. The molecule has 12 heteroatoms. The number of hydrogen-bond acceptors (Lipinski definition) is 4. The Morgan fingerprint density at radius 3 is 2.13 bits per heavy atom. The van der Waals surface area contributed by atoms with E-state index in [1.807, 2.05) is 0 Å². The molecule has 1 amide bonds. The number of carbonyl (C=O) groups excluding carboxylic acids is 1. The standard InChI is InChI=1S/C26H24F6N2O3S/c1-16-5-3-4-6-21(16)22-12-20(15-38(37)8-7-35)33-13-23(22)24(36)34(2)14-17-9-18(25(27,28)29)11-19(10-17)26(30,31)32/h3-6,9-13,35H,7-8,14-15H2,1-2H3. The molecule has 0 aliphatic rings. The molecular weight excluding hydrogens is 534 g/mol. The van der Waals surface area contributed by atoms with Crippen LogP contribution in [0.25, 0.3) is 11.1 Å². The minimum absolute atomic E-state index is 0.0220. The van der Waals surface area contributed by atoms with Gasteiger partial charge in [-0.2, -0.15) is 26.3 Å². The van der Waals surface area contributed by atoms with Crippen LogP contribution < -0.4 is 0 Å². The SMILES string of the molecule is Cc1ccccc1-c1cc(CS(=O)CCO)ncc1C(=O)N(C)Cc1cc(C(F)(F)F)cc(C(F)(F)F)c1. The van der Waals surface area contributed by atoms with E-state index >= 15 is 0 Å². The van der Waals surface area contributed by atoms with Gasteiger partial charge in [0, 0.05) is 36.3 Å². The van der Waals surface area contributed by atoms with Gasteiger partial charge in [0.05, 0.1) is 34.7 Å². The fourth-order valence-electron chi connectivity index (χ4n) is 3.85. The van der Waals surface area contributed by atoms with Crippen LogP contribution in [0.15, 0.2) is 54.7 Å². The number of carbonyl (C=O) groups is 1.